The van der Waals surface area contributed by atoms with Gasteiger partial charge < -0.3 is 4.74 Å². The molecular formula is C20H22O3. The summed E-state index contributed by atoms with van der Waals surface area (Å²) in [6, 6.07) is 6.79. The minimum absolute atomic E-state index is 0.132. The number of benzene rings is 2. The number of esters is 1. The molecule has 0 amide bonds. The van der Waals surface area contributed by atoms with Gasteiger partial charge in [0.1, 0.15) is 0 Å². The quantitative estimate of drug-likeness (QED) is 0.629. The van der Waals surface area contributed by atoms with Gasteiger partial charge in [-0.1, -0.05) is 18.2 Å². The molecule has 0 aliphatic heterocycles. The van der Waals surface area contributed by atoms with Crippen molar-refractivity contribution in [3.05, 3.63) is 68.8 Å². The van der Waals surface area contributed by atoms with E-state index in [-0.39, 0.29) is 5.78 Å². The molecule has 0 N–H and O–H groups in total. The first-order valence-electron chi connectivity index (χ1n) is 7.60. The number of carbonyl (C=O) groups is 2. The van der Waals surface area contributed by atoms with E-state index < -0.39 is 5.97 Å². The fraction of sp³-hybridized carbons (Fsp3) is 0.300. The van der Waals surface area contributed by atoms with Crippen LogP contribution in [-0.4, -0.2) is 18.9 Å². The predicted octanol–water partition coefficient (Wildman–Crippen LogP) is 4.25. The van der Waals surface area contributed by atoms with E-state index in [1.165, 1.54) is 12.7 Å². The van der Waals surface area contributed by atoms with E-state index in [4.69, 9.17) is 4.74 Å². The number of rotatable bonds is 3. The first-order valence-corrected chi connectivity index (χ1v) is 7.60. The third-order valence-electron chi connectivity index (χ3n) is 4.80. The molecule has 3 nitrogen and oxygen atoms in total. The molecule has 3 heteroatoms. The van der Waals surface area contributed by atoms with E-state index in [1.807, 2.05) is 27.7 Å². The Bertz CT molecular complexity index is 772. The molecule has 0 saturated heterocycles. The maximum Gasteiger partial charge on any atom is 0.338 e. The fourth-order valence-corrected chi connectivity index (χ4v) is 2.94. The molecule has 0 saturated carbocycles. The molecule has 2 rings (SSSR count). The number of ketones is 1. The van der Waals surface area contributed by atoms with Crippen LogP contribution in [0.5, 0.6) is 0 Å². The largest absolute Gasteiger partial charge is 0.465 e. The Labute approximate surface area is 137 Å². The zero-order valence-electron chi connectivity index (χ0n) is 14.5. The van der Waals surface area contributed by atoms with Gasteiger partial charge >= 0.3 is 5.97 Å². The van der Waals surface area contributed by atoms with Crippen LogP contribution in [0.3, 0.4) is 0 Å². The summed E-state index contributed by atoms with van der Waals surface area (Å²) in [5.41, 5.74) is 6.74. The first-order chi connectivity index (χ1) is 10.8. The van der Waals surface area contributed by atoms with Crippen LogP contribution in [0, 0.1) is 34.6 Å². The standard InChI is InChI=1S/C20H22O3/c1-11-12(2)14(4)18(15(5)13(11)3)19(21)16-9-7-8-10-17(16)20(22)23-6/h7-10H,1-6H3. The molecule has 0 aromatic heterocycles. The number of ether oxygens (including phenoxy) is 1. The van der Waals surface area contributed by atoms with Crippen molar-refractivity contribution in [2.45, 2.75) is 34.6 Å². The summed E-state index contributed by atoms with van der Waals surface area (Å²) in [5.74, 6) is -0.628. The van der Waals surface area contributed by atoms with Gasteiger partial charge in [-0.3, -0.25) is 4.79 Å². The van der Waals surface area contributed by atoms with Crippen LogP contribution < -0.4 is 0 Å². The summed E-state index contributed by atoms with van der Waals surface area (Å²) in [6.07, 6.45) is 0. The molecule has 120 valence electrons. The Kier molecular flexibility index (Phi) is 4.69. The summed E-state index contributed by atoms with van der Waals surface area (Å²) >= 11 is 0. The molecule has 0 atom stereocenters. The molecule has 2 aromatic rings. The Hall–Kier alpha value is -2.42. The highest BCUT2D eigenvalue weighted by Gasteiger charge is 2.23. The van der Waals surface area contributed by atoms with Gasteiger partial charge in [-0.2, -0.15) is 0 Å². The van der Waals surface area contributed by atoms with Gasteiger partial charge in [0, 0.05) is 11.1 Å². The van der Waals surface area contributed by atoms with Crippen molar-refractivity contribution >= 4 is 11.8 Å². The first kappa shape index (κ1) is 16.9. The summed E-state index contributed by atoms with van der Waals surface area (Å²) in [7, 11) is 1.32. The number of carbonyl (C=O) groups excluding carboxylic acids is 2. The molecule has 0 aliphatic rings. The molecule has 0 heterocycles. The molecule has 0 bridgehead atoms. The normalized spacial score (nSPS) is 10.5. The second kappa shape index (κ2) is 6.37. The Morgan fingerprint density at radius 1 is 0.739 bits per heavy atom. The smallest absolute Gasteiger partial charge is 0.338 e. The van der Waals surface area contributed by atoms with E-state index in [9.17, 15) is 9.59 Å². The lowest BCUT2D eigenvalue weighted by Gasteiger charge is -2.18. The topological polar surface area (TPSA) is 43.4 Å². The maximum atomic E-state index is 13.1. The summed E-state index contributed by atoms with van der Waals surface area (Å²) in [6.45, 7) is 10.0. The van der Waals surface area contributed by atoms with Crippen molar-refractivity contribution in [2.75, 3.05) is 7.11 Å². The van der Waals surface area contributed by atoms with Gasteiger partial charge in [0.15, 0.2) is 5.78 Å². The maximum absolute atomic E-state index is 13.1. The number of hydrogen-bond donors (Lipinski definition) is 0. The predicted molar refractivity (Wildman–Crippen MR) is 91.3 cm³/mol. The van der Waals surface area contributed by atoms with Crippen molar-refractivity contribution in [1.29, 1.82) is 0 Å². The molecule has 2 aromatic carbocycles. The Morgan fingerprint density at radius 3 is 1.65 bits per heavy atom. The van der Waals surface area contributed by atoms with Gasteiger partial charge in [0.25, 0.3) is 0 Å². The Balaban J connectivity index is 2.71. The van der Waals surface area contributed by atoms with Gasteiger partial charge in [0.05, 0.1) is 12.7 Å². The van der Waals surface area contributed by atoms with Crippen LogP contribution in [0.4, 0.5) is 0 Å². The van der Waals surface area contributed by atoms with Gasteiger partial charge in [-0.15, -0.1) is 0 Å². The summed E-state index contributed by atoms with van der Waals surface area (Å²) in [5, 5.41) is 0. The minimum Gasteiger partial charge on any atom is -0.465 e. The third-order valence-corrected chi connectivity index (χ3v) is 4.80. The highest BCUT2D eigenvalue weighted by atomic mass is 16.5. The molecule has 0 aliphatic carbocycles. The van der Waals surface area contributed by atoms with E-state index >= 15 is 0 Å². The van der Waals surface area contributed by atoms with Crippen LogP contribution in [0.25, 0.3) is 0 Å². The van der Waals surface area contributed by atoms with Crippen molar-refractivity contribution in [3.8, 4) is 0 Å². The number of hydrogen-bond acceptors (Lipinski definition) is 3. The van der Waals surface area contributed by atoms with Crippen LogP contribution in [0.1, 0.15) is 54.1 Å². The molecule has 0 unspecified atom stereocenters. The lowest BCUT2D eigenvalue weighted by atomic mass is 9.85. The molecule has 0 fully saturated rings. The van der Waals surface area contributed by atoms with E-state index in [0.29, 0.717) is 16.7 Å². The van der Waals surface area contributed by atoms with Crippen molar-refractivity contribution < 1.29 is 14.3 Å². The monoisotopic (exact) mass is 310 g/mol. The van der Waals surface area contributed by atoms with Crippen molar-refractivity contribution in [2.24, 2.45) is 0 Å². The van der Waals surface area contributed by atoms with Crippen molar-refractivity contribution in [1.82, 2.24) is 0 Å². The fourth-order valence-electron chi connectivity index (χ4n) is 2.94. The van der Waals surface area contributed by atoms with E-state index in [0.717, 1.165) is 22.3 Å². The second-order valence-electron chi connectivity index (χ2n) is 5.87. The molecule has 23 heavy (non-hydrogen) atoms. The average molecular weight is 310 g/mol. The molecular weight excluding hydrogens is 288 g/mol. The highest BCUT2D eigenvalue weighted by Crippen LogP contribution is 2.28. The lowest BCUT2D eigenvalue weighted by molar-refractivity contribution is 0.0597. The van der Waals surface area contributed by atoms with Crippen LogP contribution in [-0.2, 0) is 4.74 Å². The lowest BCUT2D eigenvalue weighted by Crippen LogP contribution is -2.15. The van der Waals surface area contributed by atoms with Crippen molar-refractivity contribution in [3.63, 3.8) is 0 Å². The van der Waals surface area contributed by atoms with Crippen LogP contribution >= 0.6 is 0 Å². The SMILES string of the molecule is COC(=O)c1ccccc1C(=O)c1c(C)c(C)c(C)c(C)c1C. The van der Waals surface area contributed by atoms with Gasteiger partial charge in [0.2, 0.25) is 0 Å². The Morgan fingerprint density at radius 2 is 1.17 bits per heavy atom. The zero-order valence-corrected chi connectivity index (χ0v) is 14.5. The van der Waals surface area contributed by atoms with E-state index in [1.54, 1.807) is 24.3 Å². The zero-order chi connectivity index (χ0) is 17.3. The summed E-state index contributed by atoms with van der Waals surface area (Å²) in [4.78, 5) is 25.1. The number of methoxy groups -OCH3 is 1. The highest BCUT2D eigenvalue weighted by molar-refractivity contribution is 6.16. The third kappa shape index (κ3) is 2.79. The average Bonchev–Trinajstić information content (AvgIpc) is 2.57. The van der Waals surface area contributed by atoms with Gasteiger partial charge in [-0.05, 0) is 68.5 Å². The molecule has 0 radical (unpaired) electrons. The van der Waals surface area contributed by atoms with E-state index in [2.05, 4.69) is 6.92 Å². The minimum atomic E-state index is -0.496. The second-order valence-corrected chi connectivity index (χ2v) is 5.87. The van der Waals surface area contributed by atoms with Gasteiger partial charge in [-0.25, -0.2) is 4.79 Å². The molecule has 0 spiro atoms. The van der Waals surface area contributed by atoms with Crippen LogP contribution in [0.15, 0.2) is 24.3 Å². The van der Waals surface area contributed by atoms with Crippen LogP contribution in [0.2, 0.25) is 0 Å². The summed E-state index contributed by atoms with van der Waals surface area (Å²) < 4.78 is 4.80.